The van der Waals surface area contributed by atoms with Gasteiger partial charge in [0.05, 0.1) is 12.2 Å². The van der Waals surface area contributed by atoms with Gasteiger partial charge >= 0.3 is 0 Å². The van der Waals surface area contributed by atoms with Crippen molar-refractivity contribution in [2.75, 3.05) is 7.05 Å². The van der Waals surface area contributed by atoms with Crippen LogP contribution in [0.2, 0.25) is 0 Å². The molecule has 2 saturated heterocycles. The van der Waals surface area contributed by atoms with Gasteiger partial charge in [0.15, 0.2) is 0 Å². The molecule has 94 valence electrons. The van der Waals surface area contributed by atoms with Crippen molar-refractivity contribution in [1.29, 1.82) is 0 Å². The summed E-state index contributed by atoms with van der Waals surface area (Å²) in [6, 6.07) is 0.678. The summed E-state index contributed by atoms with van der Waals surface area (Å²) in [7, 11) is 2.12. The maximum absolute atomic E-state index is 5.97. The summed E-state index contributed by atoms with van der Waals surface area (Å²) in [5, 5.41) is 3.54. The van der Waals surface area contributed by atoms with E-state index < -0.39 is 0 Å². The summed E-state index contributed by atoms with van der Waals surface area (Å²) < 4.78 is 5.97. The van der Waals surface area contributed by atoms with Crippen LogP contribution in [-0.4, -0.2) is 25.3 Å². The lowest BCUT2D eigenvalue weighted by Crippen LogP contribution is -2.39. The van der Waals surface area contributed by atoms with Gasteiger partial charge in [-0.1, -0.05) is 26.7 Å². The number of fused-ring (bicyclic) bond motifs is 2. The van der Waals surface area contributed by atoms with E-state index >= 15 is 0 Å². The van der Waals surface area contributed by atoms with Crippen molar-refractivity contribution in [3.05, 3.63) is 0 Å². The third-order valence-electron chi connectivity index (χ3n) is 4.48. The van der Waals surface area contributed by atoms with Crippen LogP contribution in [0, 0.1) is 11.8 Å². The first-order chi connectivity index (χ1) is 7.74. The van der Waals surface area contributed by atoms with Crippen molar-refractivity contribution in [2.24, 2.45) is 11.8 Å². The van der Waals surface area contributed by atoms with Gasteiger partial charge in [0, 0.05) is 12.0 Å². The SMILES string of the molecule is CCCC(C)CC(NC)C1CC2CCC1O2. The summed E-state index contributed by atoms with van der Waals surface area (Å²) in [6.07, 6.45) is 9.06. The fourth-order valence-corrected chi connectivity index (χ4v) is 3.65. The predicted octanol–water partition coefficient (Wildman–Crippen LogP) is 2.97. The Kier molecular flexibility index (Phi) is 4.26. The van der Waals surface area contributed by atoms with Crippen molar-refractivity contribution in [3.8, 4) is 0 Å². The number of nitrogens with one attached hydrogen (secondary N) is 1. The second kappa shape index (κ2) is 5.50. The third-order valence-corrected chi connectivity index (χ3v) is 4.48. The molecule has 16 heavy (non-hydrogen) atoms. The molecule has 0 aromatic carbocycles. The maximum atomic E-state index is 5.97. The van der Waals surface area contributed by atoms with Crippen LogP contribution in [0.4, 0.5) is 0 Å². The molecule has 0 amide bonds. The monoisotopic (exact) mass is 225 g/mol. The molecule has 0 spiro atoms. The molecule has 0 radical (unpaired) electrons. The molecule has 2 bridgehead atoms. The van der Waals surface area contributed by atoms with E-state index in [9.17, 15) is 0 Å². The molecule has 2 aliphatic heterocycles. The maximum Gasteiger partial charge on any atom is 0.0623 e. The molecule has 2 heteroatoms. The molecular formula is C14H27NO. The molecule has 5 atom stereocenters. The largest absolute Gasteiger partial charge is 0.375 e. The van der Waals surface area contributed by atoms with Gasteiger partial charge in [-0.2, -0.15) is 0 Å². The van der Waals surface area contributed by atoms with Gasteiger partial charge in [-0.15, -0.1) is 0 Å². The van der Waals surface area contributed by atoms with Crippen molar-refractivity contribution < 1.29 is 4.74 Å². The average Bonchev–Trinajstić information content (AvgIpc) is 2.87. The highest BCUT2D eigenvalue weighted by Gasteiger charge is 2.43. The lowest BCUT2D eigenvalue weighted by molar-refractivity contribution is 0.0841. The van der Waals surface area contributed by atoms with Crippen molar-refractivity contribution in [2.45, 2.75) is 70.6 Å². The Bertz CT molecular complexity index is 219. The van der Waals surface area contributed by atoms with E-state index in [2.05, 4.69) is 26.2 Å². The minimum Gasteiger partial charge on any atom is -0.375 e. The van der Waals surface area contributed by atoms with Gasteiger partial charge in [0.25, 0.3) is 0 Å². The second-order valence-electron chi connectivity index (χ2n) is 5.80. The van der Waals surface area contributed by atoms with E-state index in [0.29, 0.717) is 18.2 Å². The summed E-state index contributed by atoms with van der Waals surface area (Å²) >= 11 is 0. The van der Waals surface area contributed by atoms with Gasteiger partial charge in [0.2, 0.25) is 0 Å². The zero-order chi connectivity index (χ0) is 11.5. The second-order valence-corrected chi connectivity index (χ2v) is 5.80. The first-order valence-corrected chi connectivity index (χ1v) is 7.07. The summed E-state index contributed by atoms with van der Waals surface area (Å²) in [6.45, 7) is 4.67. The molecule has 2 nitrogen and oxygen atoms in total. The molecule has 0 aromatic rings. The highest BCUT2D eigenvalue weighted by atomic mass is 16.5. The molecule has 0 aromatic heterocycles. The van der Waals surface area contributed by atoms with Crippen LogP contribution in [0.25, 0.3) is 0 Å². The minimum absolute atomic E-state index is 0.566. The van der Waals surface area contributed by atoms with Gasteiger partial charge in [0.1, 0.15) is 0 Å². The zero-order valence-electron chi connectivity index (χ0n) is 11.0. The highest BCUT2D eigenvalue weighted by Crippen LogP contribution is 2.41. The lowest BCUT2D eigenvalue weighted by atomic mass is 9.80. The van der Waals surface area contributed by atoms with Crippen molar-refractivity contribution >= 4 is 0 Å². The van der Waals surface area contributed by atoms with Gasteiger partial charge < -0.3 is 10.1 Å². The zero-order valence-corrected chi connectivity index (χ0v) is 11.0. The van der Waals surface area contributed by atoms with E-state index in [-0.39, 0.29) is 0 Å². The van der Waals surface area contributed by atoms with E-state index in [1.807, 2.05) is 0 Å². The summed E-state index contributed by atoms with van der Waals surface area (Å²) in [5.74, 6) is 1.63. The van der Waals surface area contributed by atoms with Crippen molar-refractivity contribution in [3.63, 3.8) is 0 Å². The highest BCUT2D eigenvalue weighted by molar-refractivity contribution is 4.95. The Hall–Kier alpha value is -0.0800. The van der Waals surface area contributed by atoms with E-state index in [1.165, 1.54) is 38.5 Å². The Labute approximate surface area is 100 Å². The predicted molar refractivity (Wildman–Crippen MR) is 67.5 cm³/mol. The summed E-state index contributed by atoms with van der Waals surface area (Å²) in [5.41, 5.74) is 0. The van der Waals surface area contributed by atoms with Crippen LogP contribution in [0.15, 0.2) is 0 Å². The van der Waals surface area contributed by atoms with Crippen LogP contribution in [0.5, 0.6) is 0 Å². The first kappa shape index (κ1) is 12.4. The van der Waals surface area contributed by atoms with Gasteiger partial charge in [-0.05, 0) is 38.6 Å². The van der Waals surface area contributed by atoms with Crippen LogP contribution >= 0.6 is 0 Å². The van der Waals surface area contributed by atoms with E-state index in [0.717, 1.165) is 11.8 Å². The van der Waals surface area contributed by atoms with Gasteiger partial charge in [-0.25, -0.2) is 0 Å². The standard InChI is InChI=1S/C14H27NO/c1-4-5-10(2)8-13(15-3)12-9-11-6-7-14(12)16-11/h10-15H,4-9H2,1-3H3. The van der Waals surface area contributed by atoms with E-state index in [4.69, 9.17) is 4.74 Å². The summed E-state index contributed by atoms with van der Waals surface area (Å²) in [4.78, 5) is 0. The Morgan fingerprint density at radius 1 is 1.38 bits per heavy atom. The van der Waals surface area contributed by atoms with Crippen LogP contribution in [0.1, 0.15) is 52.4 Å². The fourth-order valence-electron chi connectivity index (χ4n) is 3.65. The minimum atomic E-state index is 0.566. The average molecular weight is 225 g/mol. The third kappa shape index (κ3) is 2.60. The Balaban J connectivity index is 1.85. The molecule has 2 aliphatic rings. The van der Waals surface area contributed by atoms with Crippen LogP contribution in [-0.2, 0) is 4.74 Å². The fraction of sp³-hybridized carbons (Fsp3) is 1.00. The van der Waals surface area contributed by atoms with Crippen LogP contribution < -0.4 is 5.32 Å². The number of hydrogen-bond acceptors (Lipinski definition) is 2. The molecular weight excluding hydrogens is 198 g/mol. The molecule has 1 N–H and O–H groups in total. The number of hydrogen-bond donors (Lipinski definition) is 1. The normalized spacial score (nSPS) is 36.6. The molecule has 0 aliphatic carbocycles. The van der Waals surface area contributed by atoms with E-state index in [1.54, 1.807) is 0 Å². The Morgan fingerprint density at radius 3 is 2.69 bits per heavy atom. The molecule has 5 unspecified atom stereocenters. The molecule has 2 rings (SSSR count). The Morgan fingerprint density at radius 2 is 2.19 bits per heavy atom. The molecule has 2 heterocycles. The molecule has 0 saturated carbocycles. The smallest absolute Gasteiger partial charge is 0.0623 e. The quantitative estimate of drug-likeness (QED) is 0.750. The number of ether oxygens (including phenoxy) is 1. The van der Waals surface area contributed by atoms with Crippen LogP contribution in [0.3, 0.4) is 0 Å². The molecule has 2 fully saturated rings. The topological polar surface area (TPSA) is 21.3 Å². The van der Waals surface area contributed by atoms with Crippen molar-refractivity contribution in [1.82, 2.24) is 5.32 Å². The number of rotatable bonds is 6. The first-order valence-electron chi connectivity index (χ1n) is 7.07. The van der Waals surface area contributed by atoms with Gasteiger partial charge in [-0.3, -0.25) is 0 Å². The lowest BCUT2D eigenvalue weighted by Gasteiger charge is -2.30.